The summed E-state index contributed by atoms with van der Waals surface area (Å²) in [4.78, 5) is 0. The number of hydrogen-bond donors (Lipinski definition) is 1. The molecule has 0 bridgehead atoms. The van der Waals surface area contributed by atoms with Crippen LogP contribution >= 0.6 is 23.5 Å². The fourth-order valence-electron chi connectivity index (χ4n) is 4.39. The Kier molecular flexibility index (Phi) is 4.38. The van der Waals surface area contributed by atoms with Crippen molar-refractivity contribution >= 4 is 29.6 Å². The molecule has 0 amide bonds. The average molecular weight is 345 g/mol. The minimum Gasteiger partial charge on any atom is -0.388 e. The van der Waals surface area contributed by atoms with Crippen molar-refractivity contribution in [3.63, 3.8) is 0 Å². The highest BCUT2D eigenvalue weighted by molar-refractivity contribution is 8.21. The Hall–Kier alpha value is -0.640. The summed E-state index contributed by atoms with van der Waals surface area (Å²) in [5.41, 5.74) is 3.94. The summed E-state index contributed by atoms with van der Waals surface area (Å²) < 4.78 is 0.311. The lowest BCUT2D eigenvalue weighted by Gasteiger charge is -2.44. The van der Waals surface area contributed by atoms with E-state index in [1.54, 1.807) is 0 Å². The van der Waals surface area contributed by atoms with Crippen molar-refractivity contribution in [2.45, 2.75) is 36.4 Å². The molecule has 2 fully saturated rings. The summed E-state index contributed by atoms with van der Waals surface area (Å²) in [6, 6.07) is 10.4. The van der Waals surface area contributed by atoms with Crippen LogP contribution in [-0.2, 0) is 0 Å². The molecule has 122 valence electrons. The molecular weight excluding hydrogens is 320 g/mol. The van der Waals surface area contributed by atoms with Gasteiger partial charge in [0.1, 0.15) is 0 Å². The first kappa shape index (κ1) is 15.9. The Bertz CT molecular complexity index is 628. The molecular formula is C20H24OS2. The van der Waals surface area contributed by atoms with E-state index in [1.807, 2.05) is 6.07 Å². The Morgan fingerprint density at radius 3 is 2.61 bits per heavy atom. The van der Waals surface area contributed by atoms with E-state index in [4.69, 9.17) is 0 Å². The van der Waals surface area contributed by atoms with Crippen molar-refractivity contribution in [3.8, 4) is 0 Å². The summed E-state index contributed by atoms with van der Waals surface area (Å²) in [5.74, 6) is 3.43. The molecule has 0 aromatic heterocycles. The van der Waals surface area contributed by atoms with Crippen molar-refractivity contribution in [2.75, 3.05) is 11.5 Å². The summed E-state index contributed by atoms with van der Waals surface area (Å²) in [5, 5.41) is 11.0. The van der Waals surface area contributed by atoms with Gasteiger partial charge >= 0.3 is 0 Å². The number of aliphatic hydroxyl groups excluding tert-OH is 1. The lowest BCUT2D eigenvalue weighted by Crippen LogP contribution is -2.40. The predicted octanol–water partition coefficient (Wildman–Crippen LogP) is 4.98. The molecule has 1 spiro atoms. The van der Waals surface area contributed by atoms with Gasteiger partial charge in [0.15, 0.2) is 0 Å². The number of rotatable bonds is 1. The van der Waals surface area contributed by atoms with E-state index in [0.29, 0.717) is 15.9 Å². The van der Waals surface area contributed by atoms with Crippen LogP contribution in [0.5, 0.6) is 0 Å². The minimum atomic E-state index is -0.307. The average Bonchev–Trinajstić information content (AvgIpc) is 2.98. The fourth-order valence-corrected chi connectivity index (χ4v) is 7.81. The van der Waals surface area contributed by atoms with E-state index < -0.39 is 0 Å². The second kappa shape index (κ2) is 6.34. The zero-order chi connectivity index (χ0) is 15.9. The van der Waals surface area contributed by atoms with Crippen LogP contribution in [0.25, 0.3) is 6.08 Å². The molecule has 1 saturated heterocycles. The Morgan fingerprint density at radius 1 is 1.13 bits per heavy atom. The zero-order valence-electron chi connectivity index (χ0n) is 13.6. The molecule has 0 radical (unpaired) electrons. The number of thioether (sulfide) groups is 2. The lowest BCUT2D eigenvalue weighted by molar-refractivity contribution is 0.105. The van der Waals surface area contributed by atoms with E-state index in [9.17, 15) is 5.11 Å². The third kappa shape index (κ3) is 3.04. The van der Waals surface area contributed by atoms with Crippen LogP contribution < -0.4 is 0 Å². The first-order chi connectivity index (χ1) is 11.2. The van der Waals surface area contributed by atoms with Gasteiger partial charge in [-0.25, -0.2) is 0 Å². The highest BCUT2D eigenvalue weighted by atomic mass is 32.2. The molecule has 3 atom stereocenters. The van der Waals surface area contributed by atoms with Crippen molar-refractivity contribution in [3.05, 3.63) is 53.1 Å². The lowest BCUT2D eigenvalue weighted by atomic mass is 9.68. The molecule has 1 nitrogen and oxygen atoms in total. The summed E-state index contributed by atoms with van der Waals surface area (Å²) in [7, 11) is 0. The molecule has 1 aromatic carbocycles. The van der Waals surface area contributed by atoms with Gasteiger partial charge in [0.05, 0.1) is 10.2 Å². The third-order valence-corrected chi connectivity index (χ3v) is 8.73. The van der Waals surface area contributed by atoms with Crippen LogP contribution in [0.1, 0.15) is 31.7 Å². The molecule has 1 aliphatic heterocycles. The Labute approximate surface area is 147 Å². The van der Waals surface area contributed by atoms with Gasteiger partial charge in [0.2, 0.25) is 0 Å². The fraction of sp³-hybridized carbons (Fsp3) is 0.500. The maximum Gasteiger partial charge on any atom is 0.0821 e. The molecule has 1 heterocycles. The monoisotopic (exact) mass is 344 g/mol. The summed E-state index contributed by atoms with van der Waals surface area (Å²) in [6.07, 6.45) is 7.75. The maximum atomic E-state index is 11.0. The molecule has 3 aliphatic rings. The van der Waals surface area contributed by atoms with Gasteiger partial charge in [-0.1, -0.05) is 55.0 Å². The van der Waals surface area contributed by atoms with E-state index in [2.05, 4.69) is 66.9 Å². The number of fused-ring (bicyclic) bond motifs is 1. The second-order valence-corrected chi connectivity index (χ2v) is 10.1. The number of hydrogen-bond acceptors (Lipinski definition) is 3. The zero-order valence-corrected chi connectivity index (χ0v) is 15.2. The second-order valence-electron chi connectivity index (χ2n) is 7.01. The van der Waals surface area contributed by atoms with Gasteiger partial charge in [0.25, 0.3) is 0 Å². The SMILES string of the molecule is CC1CC2(C=C3CC/C(=C/c4ccccc4)[C@@H](O)C31)SCCS2. The molecule has 2 aliphatic carbocycles. The van der Waals surface area contributed by atoms with Gasteiger partial charge < -0.3 is 5.11 Å². The van der Waals surface area contributed by atoms with Crippen LogP contribution in [0, 0.1) is 11.8 Å². The van der Waals surface area contributed by atoms with Gasteiger partial charge in [-0.05, 0) is 36.3 Å². The van der Waals surface area contributed by atoms with Gasteiger partial charge in [-0.3, -0.25) is 0 Å². The Morgan fingerprint density at radius 2 is 1.87 bits per heavy atom. The molecule has 1 N–H and O–H groups in total. The first-order valence-electron chi connectivity index (χ1n) is 8.60. The topological polar surface area (TPSA) is 20.2 Å². The minimum absolute atomic E-state index is 0.307. The molecule has 4 rings (SSSR count). The summed E-state index contributed by atoms with van der Waals surface area (Å²) >= 11 is 4.24. The van der Waals surface area contributed by atoms with E-state index >= 15 is 0 Å². The Balaban J connectivity index is 1.62. The van der Waals surface area contributed by atoms with Crippen LogP contribution in [0.4, 0.5) is 0 Å². The quantitative estimate of drug-likeness (QED) is 0.725. The van der Waals surface area contributed by atoms with Crippen molar-refractivity contribution in [1.82, 2.24) is 0 Å². The highest BCUT2D eigenvalue weighted by Gasteiger charge is 2.45. The number of benzene rings is 1. The molecule has 1 aromatic rings. The van der Waals surface area contributed by atoms with E-state index in [1.165, 1.54) is 34.6 Å². The van der Waals surface area contributed by atoms with Crippen molar-refractivity contribution in [2.24, 2.45) is 11.8 Å². The summed E-state index contributed by atoms with van der Waals surface area (Å²) in [6.45, 7) is 2.34. The largest absolute Gasteiger partial charge is 0.388 e. The van der Waals surface area contributed by atoms with Crippen molar-refractivity contribution in [1.29, 1.82) is 0 Å². The van der Waals surface area contributed by atoms with Crippen LogP contribution in [0.2, 0.25) is 0 Å². The van der Waals surface area contributed by atoms with E-state index in [-0.39, 0.29) is 6.10 Å². The van der Waals surface area contributed by atoms with Crippen LogP contribution in [-0.4, -0.2) is 26.8 Å². The smallest absolute Gasteiger partial charge is 0.0821 e. The van der Waals surface area contributed by atoms with Crippen molar-refractivity contribution < 1.29 is 5.11 Å². The predicted molar refractivity (Wildman–Crippen MR) is 103 cm³/mol. The maximum absolute atomic E-state index is 11.0. The molecule has 2 unspecified atom stereocenters. The standard InChI is InChI=1S/C20H24OS2/c1-14-12-20(22-9-10-23-20)13-17-8-7-16(19(21)18(14)17)11-15-5-3-2-4-6-15/h2-6,11,13-14,18-19,21H,7-10,12H2,1H3/b16-11-/t14?,18?,19-/m1/s1. The normalized spacial score (nSPS) is 34.4. The third-order valence-electron chi connectivity index (χ3n) is 5.40. The number of aliphatic hydroxyl groups is 1. The highest BCUT2D eigenvalue weighted by Crippen LogP contribution is 2.56. The molecule has 23 heavy (non-hydrogen) atoms. The van der Waals surface area contributed by atoms with Gasteiger partial charge in [-0.15, -0.1) is 23.5 Å². The van der Waals surface area contributed by atoms with Gasteiger partial charge in [0, 0.05) is 17.4 Å². The van der Waals surface area contributed by atoms with Crippen LogP contribution in [0.3, 0.4) is 0 Å². The van der Waals surface area contributed by atoms with Crippen LogP contribution in [0.15, 0.2) is 47.6 Å². The van der Waals surface area contributed by atoms with E-state index in [0.717, 1.165) is 12.8 Å². The van der Waals surface area contributed by atoms with Gasteiger partial charge in [-0.2, -0.15) is 0 Å². The molecule has 3 heteroatoms. The molecule has 1 saturated carbocycles. The first-order valence-corrected chi connectivity index (χ1v) is 10.6.